The van der Waals surface area contributed by atoms with E-state index < -0.39 is 0 Å². The lowest BCUT2D eigenvalue weighted by atomic mass is 10.1. The molecule has 0 spiro atoms. The molecule has 0 N–H and O–H groups in total. The van der Waals surface area contributed by atoms with Crippen molar-refractivity contribution in [2.24, 2.45) is 0 Å². The first kappa shape index (κ1) is 16.2. The van der Waals surface area contributed by atoms with Gasteiger partial charge < -0.3 is 9.32 Å². The van der Waals surface area contributed by atoms with Gasteiger partial charge in [0.15, 0.2) is 0 Å². The van der Waals surface area contributed by atoms with Crippen LogP contribution in [0.25, 0.3) is 6.08 Å². The van der Waals surface area contributed by atoms with Crippen LogP contribution in [0.1, 0.15) is 23.0 Å². The summed E-state index contributed by atoms with van der Waals surface area (Å²) in [5.74, 6) is 1.63. The second-order valence-electron chi connectivity index (χ2n) is 5.34. The highest BCUT2D eigenvalue weighted by Gasteiger charge is 2.22. The zero-order chi connectivity index (χ0) is 16.1. The predicted octanol–water partition coefficient (Wildman–Crippen LogP) is 4.65. The van der Waals surface area contributed by atoms with Crippen molar-refractivity contribution >= 4 is 35.3 Å². The monoisotopic (exact) mass is 347 g/mol. The summed E-state index contributed by atoms with van der Waals surface area (Å²) >= 11 is 8.17. The molecule has 0 radical (unpaired) electrons. The first-order chi connectivity index (χ1) is 11.2. The maximum Gasteiger partial charge on any atom is 0.246 e. The van der Waals surface area contributed by atoms with Gasteiger partial charge in [0.1, 0.15) is 5.76 Å². The van der Waals surface area contributed by atoms with Gasteiger partial charge in [0.25, 0.3) is 0 Å². The Morgan fingerprint density at radius 1 is 1.26 bits per heavy atom. The number of nitrogens with zero attached hydrogens (tertiary/aromatic N) is 1. The van der Waals surface area contributed by atoms with Crippen LogP contribution in [-0.2, 0) is 4.79 Å². The van der Waals surface area contributed by atoms with E-state index in [0.717, 1.165) is 30.3 Å². The molecule has 2 heterocycles. The van der Waals surface area contributed by atoms with E-state index in [0.29, 0.717) is 11.0 Å². The van der Waals surface area contributed by atoms with Crippen LogP contribution in [0.4, 0.5) is 0 Å². The minimum Gasteiger partial charge on any atom is -0.465 e. The number of amides is 1. The summed E-state index contributed by atoms with van der Waals surface area (Å²) < 4.78 is 5.21. The highest BCUT2D eigenvalue weighted by molar-refractivity contribution is 7.99. The van der Waals surface area contributed by atoms with Crippen LogP contribution in [0.5, 0.6) is 0 Å². The van der Waals surface area contributed by atoms with Crippen LogP contribution in [0.3, 0.4) is 0 Å². The summed E-state index contributed by atoms with van der Waals surface area (Å²) in [5, 5.41) is 1.15. The minimum absolute atomic E-state index is 0.0295. The molecule has 1 aromatic heterocycles. The van der Waals surface area contributed by atoms with Crippen molar-refractivity contribution in [1.82, 2.24) is 4.90 Å². The molecule has 1 aliphatic heterocycles. The van der Waals surface area contributed by atoms with E-state index in [1.54, 1.807) is 24.5 Å². The lowest BCUT2D eigenvalue weighted by Crippen LogP contribution is -2.31. The van der Waals surface area contributed by atoms with E-state index in [1.165, 1.54) is 5.56 Å². The number of benzene rings is 1. The second-order valence-corrected chi connectivity index (χ2v) is 7.06. The molecule has 1 saturated heterocycles. The fourth-order valence-electron chi connectivity index (χ4n) is 2.62. The van der Waals surface area contributed by atoms with Gasteiger partial charge in [0.05, 0.1) is 6.26 Å². The normalized spacial score (nSPS) is 19.0. The molecule has 2 aromatic rings. The topological polar surface area (TPSA) is 33.5 Å². The molecule has 1 fully saturated rings. The smallest absolute Gasteiger partial charge is 0.246 e. The van der Waals surface area contributed by atoms with E-state index in [4.69, 9.17) is 16.0 Å². The van der Waals surface area contributed by atoms with Gasteiger partial charge in [-0.25, -0.2) is 0 Å². The van der Waals surface area contributed by atoms with Crippen LogP contribution in [0.15, 0.2) is 53.2 Å². The number of carbonyl (C=O) groups is 1. The van der Waals surface area contributed by atoms with E-state index in [1.807, 2.05) is 40.9 Å². The zero-order valence-corrected chi connectivity index (χ0v) is 14.2. The van der Waals surface area contributed by atoms with Crippen molar-refractivity contribution in [2.45, 2.75) is 11.7 Å². The molecular formula is C18H18ClNO2S. The molecule has 0 unspecified atom stereocenters. The number of hydrogen-bond donors (Lipinski definition) is 0. The summed E-state index contributed by atoms with van der Waals surface area (Å²) in [6.45, 7) is 1.50. The molecule has 23 heavy (non-hydrogen) atoms. The minimum atomic E-state index is 0.0295. The summed E-state index contributed by atoms with van der Waals surface area (Å²) in [7, 11) is 0. The van der Waals surface area contributed by atoms with Gasteiger partial charge in [0, 0.05) is 35.2 Å². The molecule has 1 aromatic carbocycles. The van der Waals surface area contributed by atoms with Crippen LogP contribution in [-0.4, -0.2) is 29.6 Å². The molecule has 5 heteroatoms. The Bertz CT molecular complexity index is 684. The third-order valence-corrected chi connectivity index (χ3v) is 5.49. The highest BCUT2D eigenvalue weighted by Crippen LogP contribution is 2.37. The number of furan rings is 1. The van der Waals surface area contributed by atoms with E-state index in [9.17, 15) is 4.79 Å². The number of thioether (sulfide) groups is 1. The predicted molar refractivity (Wildman–Crippen MR) is 95.6 cm³/mol. The Morgan fingerprint density at radius 3 is 2.91 bits per heavy atom. The molecule has 1 atom stereocenters. The molecule has 3 nitrogen and oxygen atoms in total. The van der Waals surface area contributed by atoms with Crippen molar-refractivity contribution in [3.05, 3.63) is 65.1 Å². The summed E-state index contributed by atoms with van der Waals surface area (Å²) in [6.07, 6.45) is 5.81. The molecule has 0 saturated carbocycles. The lowest BCUT2D eigenvalue weighted by molar-refractivity contribution is -0.125. The Balaban J connectivity index is 1.62. The number of rotatable bonds is 3. The molecule has 0 aliphatic carbocycles. The molecule has 1 amide bonds. The Kier molecular flexibility index (Phi) is 5.47. The first-order valence-electron chi connectivity index (χ1n) is 7.60. The number of halogens is 1. The third kappa shape index (κ3) is 4.21. The maximum absolute atomic E-state index is 12.3. The lowest BCUT2D eigenvalue weighted by Gasteiger charge is -2.18. The van der Waals surface area contributed by atoms with E-state index >= 15 is 0 Å². The van der Waals surface area contributed by atoms with Gasteiger partial charge in [-0.15, -0.1) is 0 Å². The maximum atomic E-state index is 12.3. The quantitative estimate of drug-likeness (QED) is 0.757. The molecule has 3 rings (SSSR count). The van der Waals surface area contributed by atoms with Gasteiger partial charge in [-0.1, -0.05) is 29.8 Å². The van der Waals surface area contributed by atoms with Crippen LogP contribution in [0.2, 0.25) is 5.02 Å². The summed E-state index contributed by atoms with van der Waals surface area (Å²) in [5.41, 5.74) is 1.17. The molecule has 120 valence electrons. The summed E-state index contributed by atoms with van der Waals surface area (Å²) in [6, 6.07) is 11.6. The molecule has 0 bridgehead atoms. The van der Waals surface area contributed by atoms with E-state index in [-0.39, 0.29) is 5.91 Å². The van der Waals surface area contributed by atoms with Crippen LogP contribution >= 0.6 is 23.4 Å². The Labute approximate surface area is 145 Å². The van der Waals surface area contributed by atoms with E-state index in [2.05, 4.69) is 6.07 Å². The first-order valence-corrected chi connectivity index (χ1v) is 9.03. The van der Waals surface area contributed by atoms with Crippen molar-refractivity contribution in [3.63, 3.8) is 0 Å². The Hall–Kier alpha value is -1.65. The van der Waals surface area contributed by atoms with Gasteiger partial charge >= 0.3 is 0 Å². The highest BCUT2D eigenvalue weighted by atomic mass is 35.5. The third-order valence-electron chi connectivity index (χ3n) is 3.84. The molecular weight excluding hydrogens is 330 g/mol. The Morgan fingerprint density at radius 2 is 2.13 bits per heavy atom. The fraction of sp³-hybridized carbons (Fsp3) is 0.278. The van der Waals surface area contributed by atoms with Gasteiger partial charge in [-0.05, 0) is 36.3 Å². The molecule has 1 aliphatic rings. The average Bonchev–Trinajstić information content (AvgIpc) is 2.96. The fourth-order valence-corrected chi connectivity index (χ4v) is 4.22. The van der Waals surface area contributed by atoms with Gasteiger partial charge in [-0.2, -0.15) is 11.8 Å². The SMILES string of the molecule is O=C(/C=C/c1ccco1)N1CCS[C@@H](c2ccccc2Cl)CC1. The van der Waals surface area contributed by atoms with Crippen molar-refractivity contribution in [2.75, 3.05) is 18.8 Å². The van der Waals surface area contributed by atoms with Crippen molar-refractivity contribution in [1.29, 1.82) is 0 Å². The van der Waals surface area contributed by atoms with Crippen LogP contribution < -0.4 is 0 Å². The average molecular weight is 348 g/mol. The largest absolute Gasteiger partial charge is 0.465 e. The zero-order valence-electron chi connectivity index (χ0n) is 12.7. The number of hydrogen-bond acceptors (Lipinski definition) is 3. The number of carbonyl (C=O) groups excluding carboxylic acids is 1. The standard InChI is InChI=1S/C18H18ClNO2S/c19-16-6-2-1-5-15(16)17-9-10-20(11-13-23-17)18(21)8-7-14-4-3-12-22-14/h1-8,12,17H,9-11,13H2/b8-7+/t17-/m1/s1. The van der Waals surface area contributed by atoms with Gasteiger partial charge in [-0.3, -0.25) is 4.79 Å². The summed E-state index contributed by atoms with van der Waals surface area (Å²) in [4.78, 5) is 14.2. The van der Waals surface area contributed by atoms with Gasteiger partial charge in [0.2, 0.25) is 5.91 Å². The second kappa shape index (κ2) is 7.75. The van der Waals surface area contributed by atoms with Crippen molar-refractivity contribution < 1.29 is 9.21 Å². The van der Waals surface area contributed by atoms with Crippen LogP contribution in [0, 0.1) is 0 Å². The van der Waals surface area contributed by atoms with Crippen molar-refractivity contribution in [3.8, 4) is 0 Å².